The molecule has 0 heterocycles. The van der Waals surface area contributed by atoms with Crippen molar-refractivity contribution in [3.8, 4) is 0 Å². The summed E-state index contributed by atoms with van der Waals surface area (Å²) in [6.07, 6.45) is -0.851. The van der Waals surface area contributed by atoms with Gasteiger partial charge in [-0.1, -0.05) is 24.4 Å². The molecule has 0 aromatic heterocycles. The lowest BCUT2D eigenvalue weighted by atomic mass is 10.1. The normalized spacial score (nSPS) is 11.5. The fraction of sp³-hybridized carbons (Fsp3) is 0.500. The highest BCUT2D eigenvalue weighted by Gasteiger charge is 2.33. The van der Waals surface area contributed by atoms with Crippen molar-refractivity contribution in [3.05, 3.63) is 28.8 Å². The number of nitrogens with one attached hydrogen (secondary N) is 1. The van der Waals surface area contributed by atoms with Gasteiger partial charge < -0.3 is 11.1 Å². The Labute approximate surface area is 126 Å². The minimum atomic E-state index is -4.54. The minimum Gasteiger partial charge on any atom is -0.330 e. The molecule has 0 fully saturated rings. The molecule has 0 saturated heterocycles. The number of benzene rings is 1. The van der Waals surface area contributed by atoms with Crippen molar-refractivity contribution in [1.29, 1.82) is 0 Å². The van der Waals surface area contributed by atoms with Gasteiger partial charge in [0, 0.05) is 12.1 Å². The van der Waals surface area contributed by atoms with E-state index in [9.17, 15) is 18.0 Å². The zero-order chi connectivity index (χ0) is 15.9. The number of rotatable bonds is 7. The fourth-order valence-corrected chi connectivity index (χ4v) is 2.05. The van der Waals surface area contributed by atoms with Crippen molar-refractivity contribution < 1.29 is 18.0 Å². The second-order valence-electron chi connectivity index (χ2n) is 4.69. The molecule has 1 amide bonds. The summed E-state index contributed by atoms with van der Waals surface area (Å²) in [6.45, 7) is 0.622. The summed E-state index contributed by atoms with van der Waals surface area (Å²) in [5.41, 5.74) is 4.49. The maximum absolute atomic E-state index is 12.7. The highest BCUT2D eigenvalue weighted by atomic mass is 35.5. The summed E-state index contributed by atoms with van der Waals surface area (Å²) in [4.78, 5) is 11.6. The highest BCUT2D eigenvalue weighted by molar-refractivity contribution is 6.31. The molecule has 0 aliphatic heterocycles. The van der Waals surface area contributed by atoms with Gasteiger partial charge in [-0.2, -0.15) is 13.2 Å². The average Bonchev–Trinajstić information content (AvgIpc) is 2.39. The molecule has 0 aliphatic rings. The van der Waals surface area contributed by atoms with Gasteiger partial charge in [0.2, 0.25) is 5.91 Å². The number of alkyl halides is 3. The number of carbonyl (C=O) groups is 1. The maximum Gasteiger partial charge on any atom is 0.417 e. The summed E-state index contributed by atoms with van der Waals surface area (Å²) in [7, 11) is 0. The average molecular weight is 323 g/mol. The molecule has 3 N–H and O–H groups in total. The van der Waals surface area contributed by atoms with Crippen molar-refractivity contribution in [1.82, 2.24) is 0 Å². The number of amides is 1. The molecular formula is C14H18ClF3N2O. The Kier molecular flexibility index (Phi) is 6.98. The third kappa shape index (κ3) is 6.35. The highest BCUT2D eigenvalue weighted by Crippen LogP contribution is 2.36. The van der Waals surface area contributed by atoms with E-state index in [0.29, 0.717) is 13.0 Å². The Balaban J connectivity index is 2.53. The van der Waals surface area contributed by atoms with Crippen LogP contribution in [0.2, 0.25) is 5.02 Å². The number of hydrogen-bond acceptors (Lipinski definition) is 2. The number of nitrogens with two attached hydrogens (primary N) is 1. The second-order valence-corrected chi connectivity index (χ2v) is 5.10. The zero-order valence-electron chi connectivity index (χ0n) is 11.5. The number of anilines is 1. The standard InChI is InChI=1S/C14H18ClF3N2O/c15-12-7-6-10(9-11(12)14(16,17)18)20-13(21)5-3-1-2-4-8-19/h6-7,9H,1-5,8,19H2,(H,20,21). The molecule has 0 spiro atoms. The largest absolute Gasteiger partial charge is 0.417 e. The smallest absolute Gasteiger partial charge is 0.330 e. The number of hydrogen-bond donors (Lipinski definition) is 2. The van der Waals surface area contributed by atoms with Gasteiger partial charge in [0.1, 0.15) is 0 Å². The van der Waals surface area contributed by atoms with E-state index in [-0.39, 0.29) is 23.0 Å². The molecule has 118 valence electrons. The van der Waals surface area contributed by atoms with E-state index in [1.807, 2.05) is 0 Å². The van der Waals surface area contributed by atoms with Crippen molar-refractivity contribution in [3.63, 3.8) is 0 Å². The predicted octanol–water partition coefficient (Wildman–Crippen LogP) is 4.21. The molecule has 0 aliphatic carbocycles. The maximum atomic E-state index is 12.7. The van der Waals surface area contributed by atoms with E-state index in [0.717, 1.165) is 31.4 Å². The lowest BCUT2D eigenvalue weighted by Crippen LogP contribution is -2.13. The first-order valence-corrected chi connectivity index (χ1v) is 7.09. The van der Waals surface area contributed by atoms with Gasteiger partial charge in [-0.25, -0.2) is 0 Å². The summed E-state index contributed by atoms with van der Waals surface area (Å²) < 4.78 is 38.0. The van der Waals surface area contributed by atoms with Crippen LogP contribution in [-0.2, 0) is 11.0 Å². The van der Waals surface area contributed by atoms with Crippen LogP contribution < -0.4 is 11.1 Å². The van der Waals surface area contributed by atoms with Crippen LogP contribution in [-0.4, -0.2) is 12.5 Å². The van der Waals surface area contributed by atoms with Crippen molar-refractivity contribution >= 4 is 23.2 Å². The third-order valence-corrected chi connectivity index (χ3v) is 3.24. The number of carbonyl (C=O) groups excluding carboxylic acids is 1. The molecule has 21 heavy (non-hydrogen) atoms. The quantitative estimate of drug-likeness (QED) is 0.739. The molecular weight excluding hydrogens is 305 g/mol. The topological polar surface area (TPSA) is 55.1 Å². The van der Waals surface area contributed by atoms with E-state index in [2.05, 4.69) is 5.32 Å². The van der Waals surface area contributed by atoms with Gasteiger partial charge in [0.15, 0.2) is 0 Å². The molecule has 1 aromatic rings. The number of unbranched alkanes of at least 4 members (excludes halogenated alkanes) is 3. The van der Waals surface area contributed by atoms with E-state index in [4.69, 9.17) is 17.3 Å². The second kappa shape index (κ2) is 8.24. The Morgan fingerprint density at radius 2 is 1.86 bits per heavy atom. The molecule has 7 heteroatoms. The molecule has 3 nitrogen and oxygen atoms in total. The fourth-order valence-electron chi connectivity index (χ4n) is 1.83. The van der Waals surface area contributed by atoms with Crippen molar-refractivity contribution in [2.75, 3.05) is 11.9 Å². The molecule has 0 atom stereocenters. The van der Waals surface area contributed by atoms with Crippen LogP contribution in [0.3, 0.4) is 0 Å². The van der Waals surface area contributed by atoms with Gasteiger partial charge >= 0.3 is 6.18 Å². The predicted molar refractivity (Wildman–Crippen MR) is 77.2 cm³/mol. The van der Waals surface area contributed by atoms with Gasteiger partial charge in [0.05, 0.1) is 10.6 Å². The van der Waals surface area contributed by atoms with Crippen molar-refractivity contribution in [2.45, 2.75) is 38.3 Å². The van der Waals surface area contributed by atoms with E-state index in [1.54, 1.807) is 0 Å². The lowest BCUT2D eigenvalue weighted by Gasteiger charge is -2.11. The van der Waals surface area contributed by atoms with E-state index >= 15 is 0 Å². The molecule has 0 saturated carbocycles. The Hall–Kier alpha value is -1.27. The minimum absolute atomic E-state index is 0.0960. The van der Waals surface area contributed by atoms with Gasteiger partial charge in [0.25, 0.3) is 0 Å². The first kappa shape index (κ1) is 17.8. The summed E-state index contributed by atoms with van der Waals surface area (Å²) in [5, 5.41) is 2.06. The lowest BCUT2D eigenvalue weighted by molar-refractivity contribution is -0.137. The first-order valence-electron chi connectivity index (χ1n) is 6.71. The van der Waals surface area contributed by atoms with Crippen LogP contribution in [0, 0.1) is 0 Å². The van der Waals surface area contributed by atoms with Gasteiger partial charge in [-0.05, 0) is 37.6 Å². The van der Waals surface area contributed by atoms with E-state index < -0.39 is 11.7 Å². The van der Waals surface area contributed by atoms with Gasteiger partial charge in [-0.3, -0.25) is 4.79 Å². The Morgan fingerprint density at radius 3 is 2.48 bits per heavy atom. The molecule has 0 bridgehead atoms. The molecule has 1 aromatic carbocycles. The SMILES string of the molecule is NCCCCCCC(=O)Nc1ccc(Cl)c(C(F)(F)F)c1. The summed E-state index contributed by atoms with van der Waals surface area (Å²) in [6, 6.07) is 3.32. The molecule has 0 unspecified atom stereocenters. The molecule has 1 rings (SSSR count). The Bertz CT molecular complexity index is 478. The van der Waals surface area contributed by atoms with E-state index in [1.165, 1.54) is 6.07 Å². The molecule has 0 radical (unpaired) electrons. The first-order chi connectivity index (χ1) is 9.84. The van der Waals surface area contributed by atoms with Crippen LogP contribution in [0.4, 0.5) is 18.9 Å². The van der Waals surface area contributed by atoms with Crippen LogP contribution >= 0.6 is 11.6 Å². The van der Waals surface area contributed by atoms with Crippen LogP contribution in [0.25, 0.3) is 0 Å². The Morgan fingerprint density at radius 1 is 1.19 bits per heavy atom. The van der Waals surface area contributed by atoms with Crippen LogP contribution in [0.5, 0.6) is 0 Å². The summed E-state index contributed by atoms with van der Waals surface area (Å²) in [5.74, 6) is -0.307. The van der Waals surface area contributed by atoms with Crippen molar-refractivity contribution in [2.24, 2.45) is 5.73 Å². The van der Waals surface area contributed by atoms with Crippen LogP contribution in [0.1, 0.15) is 37.7 Å². The summed E-state index contributed by atoms with van der Waals surface area (Å²) >= 11 is 5.51. The van der Waals surface area contributed by atoms with Crippen LogP contribution in [0.15, 0.2) is 18.2 Å². The third-order valence-electron chi connectivity index (χ3n) is 2.91. The zero-order valence-corrected chi connectivity index (χ0v) is 12.2. The number of halogens is 4. The van der Waals surface area contributed by atoms with Gasteiger partial charge in [-0.15, -0.1) is 0 Å². The monoisotopic (exact) mass is 322 g/mol.